The summed E-state index contributed by atoms with van der Waals surface area (Å²) in [5, 5.41) is 32.2. The Bertz CT molecular complexity index is 972. The number of likely N-dealkylation sites (N-methyl/N-ethyl adjacent to an activating group) is 1. The number of nitrogens with one attached hydrogen (secondary N) is 5. The largest absolute Gasteiger partial charge is 0.481 e. The molecule has 1 rings (SSSR count). The molecule has 41 heavy (non-hydrogen) atoms. The zero-order valence-corrected chi connectivity index (χ0v) is 26.4. The van der Waals surface area contributed by atoms with E-state index in [4.69, 9.17) is 0 Å². The number of aliphatic hydroxyl groups excluding tert-OH is 1. The Morgan fingerprint density at radius 1 is 0.854 bits per heavy atom. The van der Waals surface area contributed by atoms with E-state index in [-0.39, 0.29) is 41.0 Å². The van der Waals surface area contributed by atoms with Gasteiger partial charge in [-0.05, 0) is 27.8 Å². The molecule has 0 radical (unpaired) electrons. The number of hydrogen-bond donors (Lipinski definition) is 7. The maximum Gasteiger partial charge on any atom is 0.305 e. The summed E-state index contributed by atoms with van der Waals surface area (Å²) in [6.07, 6.45) is -2.01. The fourth-order valence-corrected chi connectivity index (χ4v) is 7.93. The van der Waals surface area contributed by atoms with Gasteiger partial charge in [0.2, 0.25) is 23.6 Å². The average Bonchev–Trinajstić information content (AvgIpc) is 2.88. The lowest BCUT2D eigenvalue weighted by molar-refractivity contribution is -0.140. The van der Waals surface area contributed by atoms with Gasteiger partial charge in [0.05, 0.1) is 30.7 Å². The third-order valence-electron chi connectivity index (χ3n) is 5.66. The summed E-state index contributed by atoms with van der Waals surface area (Å²) in [5.41, 5.74) is 0. The summed E-state index contributed by atoms with van der Waals surface area (Å²) in [7, 11) is 6.35. The molecule has 0 bridgehead atoms. The molecule has 1 aliphatic rings. The van der Waals surface area contributed by atoms with Gasteiger partial charge in [0.25, 0.3) is 0 Å². The number of aliphatic carboxylic acids is 1. The first kappa shape index (κ1) is 37.0. The van der Waals surface area contributed by atoms with Crippen molar-refractivity contribution in [2.24, 2.45) is 0 Å². The number of Topliss-reactive ketones (excluding diaryl/α,β-unsaturated/α-hetero) is 2. The Balaban J connectivity index is 3.14. The molecule has 1 unspecified atom stereocenters. The van der Waals surface area contributed by atoms with Gasteiger partial charge in [0.1, 0.15) is 12.1 Å². The molecule has 0 aromatic heterocycles. The van der Waals surface area contributed by atoms with Crippen molar-refractivity contribution < 1.29 is 43.8 Å². The number of amides is 4. The molecule has 1 saturated heterocycles. The van der Waals surface area contributed by atoms with E-state index in [0.29, 0.717) is 0 Å². The van der Waals surface area contributed by atoms with Crippen molar-refractivity contribution >= 4 is 84.3 Å². The molecule has 0 aromatic carbocycles. The fraction of sp³-hybridized carbons (Fsp3) is 0.696. The standard InChI is InChI=1S/C23H37N5O9S4/c1-11(29)15-9-40-41-10-17(24-4)22(36)28-20(13(3)31)23(37)27-16(12(2)30)8-39-38-6-5-18(32)25-14(7-19(33)34)21(35)26-15/h13-17,20,24,31H,5-10H2,1-4H3,(H,25,32)(H,26,35)(H,27,37)(H,28,36)(H,33,34)/t13-,14+,15+,16+,17+,20?/m1/s1. The van der Waals surface area contributed by atoms with E-state index >= 15 is 0 Å². The molecule has 232 valence electrons. The van der Waals surface area contributed by atoms with Crippen LogP contribution in [0.2, 0.25) is 0 Å². The second-order valence-electron chi connectivity index (χ2n) is 9.06. The summed E-state index contributed by atoms with van der Waals surface area (Å²) in [5.74, 6) is -4.07. The van der Waals surface area contributed by atoms with E-state index in [9.17, 15) is 43.8 Å². The van der Waals surface area contributed by atoms with Crippen LogP contribution in [0, 0.1) is 0 Å². The minimum atomic E-state index is -1.40. The summed E-state index contributed by atoms with van der Waals surface area (Å²) in [6.45, 7) is 3.89. The van der Waals surface area contributed by atoms with Gasteiger partial charge >= 0.3 is 5.97 Å². The van der Waals surface area contributed by atoms with Crippen molar-refractivity contribution in [1.82, 2.24) is 26.6 Å². The average molecular weight is 656 g/mol. The summed E-state index contributed by atoms with van der Waals surface area (Å²) in [4.78, 5) is 86.6. The minimum absolute atomic E-state index is 0.0659. The van der Waals surface area contributed by atoms with Crippen LogP contribution in [-0.2, 0) is 33.6 Å². The van der Waals surface area contributed by atoms with E-state index in [1.807, 2.05) is 0 Å². The number of aliphatic hydroxyl groups is 1. The van der Waals surface area contributed by atoms with Crippen LogP contribution in [0.5, 0.6) is 0 Å². The topological polar surface area (TPSA) is 220 Å². The Morgan fingerprint density at radius 2 is 1.39 bits per heavy atom. The van der Waals surface area contributed by atoms with Gasteiger partial charge in [0.15, 0.2) is 11.6 Å². The van der Waals surface area contributed by atoms with Gasteiger partial charge < -0.3 is 36.8 Å². The molecule has 0 saturated carbocycles. The number of carboxylic acids is 1. The normalized spacial score (nSPS) is 27.5. The Labute approximate surface area is 254 Å². The number of carbonyl (C=O) groups excluding carboxylic acids is 6. The van der Waals surface area contributed by atoms with E-state index in [1.54, 1.807) is 0 Å². The van der Waals surface area contributed by atoms with Crippen LogP contribution in [0.25, 0.3) is 0 Å². The van der Waals surface area contributed by atoms with Crippen LogP contribution in [-0.4, -0.2) is 118 Å². The number of hydrogen-bond acceptors (Lipinski definition) is 13. The van der Waals surface area contributed by atoms with Gasteiger partial charge in [0, 0.05) is 29.4 Å². The molecule has 4 amide bonds. The quantitative estimate of drug-likeness (QED) is 0.166. The third-order valence-corrected chi connectivity index (χ3v) is 10.5. The Kier molecular flexibility index (Phi) is 17.4. The highest BCUT2D eigenvalue weighted by Crippen LogP contribution is 2.24. The number of carboxylic acid groups (broad SMARTS) is 1. The zero-order valence-electron chi connectivity index (χ0n) is 23.1. The maximum absolute atomic E-state index is 12.9. The predicted molar refractivity (Wildman–Crippen MR) is 160 cm³/mol. The monoisotopic (exact) mass is 655 g/mol. The van der Waals surface area contributed by atoms with Crippen molar-refractivity contribution in [3.8, 4) is 0 Å². The zero-order chi connectivity index (χ0) is 31.1. The fourth-order valence-electron chi connectivity index (χ4n) is 3.20. The molecule has 1 fully saturated rings. The number of ketones is 2. The van der Waals surface area contributed by atoms with Crippen molar-refractivity contribution in [1.29, 1.82) is 0 Å². The molecule has 18 heteroatoms. The van der Waals surface area contributed by atoms with Gasteiger partial charge in [-0.3, -0.25) is 33.6 Å². The van der Waals surface area contributed by atoms with E-state index in [0.717, 1.165) is 0 Å². The molecule has 7 N–H and O–H groups in total. The highest BCUT2D eigenvalue weighted by molar-refractivity contribution is 8.77. The van der Waals surface area contributed by atoms with Gasteiger partial charge in [-0.25, -0.2) is 0 Å². The molecule has 0 spiro atoms. The van der Waals surface area contributed by atoms with Crippen LogP contribution in [0.1, 0.15) is 33.6 Å². The summed E-state index contributed by atoms with van der Waals surface area (Å²) >= 11 is 0. The van der Waals surface area contributed by atoms with Crippen molar-refractivity contribution in [2.75, 3.05) is 30.1 Å². The number of carbonyl (C=O) groups is 7. The van der Waals surface area contributed by atoms with Crippen molar-refractivity contribution in [3.05, 3.63) is 0 Å². The van der Waals surface area contributed by atoms with Gasteiger partial charge in [-0.2, -0.15) is 0 Å². The molecule has 0 aliphatic carbocycles. The first-order valence-corrected chi connectivity index (χ1v) is 17.5. The van der Waals surface area contributed by atoms with Crippen molar-refractivity contribution in [3.63, 3.8) is 0 Å². The molecule has 1 aliphatic heterocycles. The summed E-state index contributed by atoms with van der Waals surface area (Å²) < 4.78 is 0. The van der Waals surface area contributed by atoms with Crippen LogP contribution in [0.3, 0.4) is 0 Å². The second-order valence-corrected chi connectivity index (χ2v) is 14.2. The van der Waals surface area contributed by atoms with Gasteiger partial charge in [-0.15, -0.1) is 0 Å². The SMILES string of the molecule is CN[C@H]1CSSC[C@@H](C(C)=O)NC(=O)[C@H](CC(=O)O)NC(=O)CCSSC[C@@H](C(C)=O)NC(=O)C([C@@H](C)O)NC1=O. The molecule has 14 nitrogen and oxygen atoms in total. The third kappa shape index (κ3) is 14.2. The van der Waals surface area contributed by atoms with E-state index in [1.165, 1.54) is 71.0 Å². The van der Waals surface area contributed by atoms with Crippen LogP contribution in [0.4, 0.5) is 0 Å². The molecular weight excluding hydrogens is 619 g/mol. The molecular formula is C23H37N5O9S4. The van der Waals surface area contributed by atoms with Crippen molar-refractivity contribution in [2.45, 2.75) is 69.9 Å². The lowest BCUT2D eigenvalue weighted by Gasteiger charge is -2.26. The minimum Gasteiger partial charge on any atom is -0.481 e. The predicted octanol–water partition coefficient (Wildman–Crippen LogP) is -1.29. The lowest BCUT2D eigenvalue weighted by atomic mass is 10.1. The van der Waals surface area contributed by atoms with Gasteiger partial charge in [-0.1, -0.05) is 43.2 Å². The summed E-state index contributed by atoms with van der Waals surface area (Å²) in [6, 6.07) is -5.41. The number of rotatable bonds is 6. The maximum atomic E-state index is 12.9. The highest BCUT2D eigenvalue weighted by Gasteiger charge is 2.31. The molecule has 6 atom stereocenters. The van der Waals surface area contributed by atoms with Crippen LogP contribution in [0.15, 0.2) is 0 Å². The second kappa shape index (κ2) is 19.2. The first-order chi connectivity index (χ1) is 19.3. The first-order valence-electron chi connectivity index (χ1n) is 12.5. The Hall–Kier alpha value is -1.99. The highest BCUT2D eigenvalue weighted by atomic mass is 33.1. The van der Waals surface area contributed by atoms with E-state index < -0.39 is 72.3 Å². The molecule has 0 aromatic rings. The lowest BCUT2D eigenvalue weighted by Crippen LogP contribution is -2.58. The van der Waals surface area contributed by atoms with E-state index in [2.05, 4.69) is 26.6 Å². The Morgan fingerprint density at radius 3 is 1.90 bits per heavy atom. The smallest absolute Gasteiger partial charge is 0.305 e. The van der Waals surface area contributed by atoms with Crippen LogP contribution < -0.4 is 26.6 Å². The van der Waals surface area contributed by atoms with Crippen LogP contribution >= 0.6 is 43.2 Å². The molecule has 1 heterocycles.